The predicted octanol–water partition coefficient (Wildman–Crippen LogP) is 2.48. The summed E-state index contributed by atoms with van der Waals surface area (Å²) in [5.41, 5.74) is 0.831. The molecule has 29 heavy (non-hydrogen) atoms. The smallest absolute Gasteiger partial charge is 0.200 e. The number of hydrazone groups is 2. The second-order valence-electron chi connectivity index (χ2n) is 6.78. The Kier molecular flexibility index (Phi) is 6.33. The first kappa shape index (κ1) is 21.0. The van der Waals surface area contributed by atoms with Crippen molar-refractivity contribution in [2.45, 2.75) is 36.0 Å². The van der Waals surface area contributed by atoms with Gasteiger partial charge >= 0.3 is 0 Å². The van der Waals surface area contributed by atoms with Crippen molar-refractivity contribution < 1.29 is 16.8 Å². The van der Waals surface area contributed by atoms with Crippen LogP contribution in [0.4, 0.5) is 0 Å². The van der Waals surface area contributed by atoms with Gasteiger partial charge in [-0.25, -0.2) is 0 Å². The molecule has 10 heteroatoms. The highest BCUT2D eigenvalue weighted by atomic mass is 32.2. The Morgan fingerprint density at radius 1 is 0.759 bits per heavy atom. The summed E-state index contributed by atoms with van der Waals surface area (Å²) in [7, 11) is -7.63. The molecule has 0 aliphatic heterocycles. The van der Waals surface area contributed by atoms with E-state index in [0.29, 0.717) is 24.3 Å². The average molecular weight is 435 g/mol. The summed E-state index contributed by atoms with van der Waals surface area (Å²) in [6.45, 7) is 2.02. The van der Waals surface area contributed by atoms with Crippen LogP contribution in [0.5, 0.6) is 0 Å². The van der Waals surface area contributed by atoms with Crippen LogP contribution in [0.25, 0.3) is 0 Å². The SMILES string of the molecule is CC1CCC(=N\NS(=O)(=O)c2ccccc2)/C(=N\NS(=O)(=O)c2ccccc2)C1. The lowest BCUT2D eigenvalue weighted by Gasteiger charge is -2.21. The van der Waals surface area contributed by atoms with Gasteiger partial charge in [-0.05, 0) is 49.4 Å². The minimum Gasteiger partial charge on any atom is -0.200 e. The zero-order valence-electron chi connectivity index (χ0n) is 15.8. The minimum absolute atomic E-state index is 0.0940. The van der Waals surface area contributed by atoms with Crippen molar-refractivity contribution in [2.24, 2.45) is 16.1 Å². The Labute approximate surface area is 170 Å². The molecule has 2 aromatic rings. The normalized spacial score (nSPS) is 20.5. The van der Waals surface area contributed by atoms with Crippen LogP contribution in [-0.2, 0) is 20.0 Å². The molecule has 1 unspecified atom stereocenters. The molecule has 2 N–H and O–H groups in total. The lowest BCUT2D eigenvalue weighted by atomic mass is 9.88. The van der Waals surface area contributed by atoms with Crippen molar-refractivity contribution in [3.8, 4) is 0 Å². The highest BCUT2D eigenvalue weighted by molar-refractivity contribution is 7.89. The third-order valence-corrected chi connectivity index (χ3v) is 6.91. The van der Waals surface area contributed by atoms with E-state index in [2.05, 4.69) is 19.9 Å². The van der Waals surface area contributed by atoms with Crippen LogP contribution in [0.1, 0.15) is 26.2 Å². The lowest BCUT2D eigenvalue weighted by molar-refractivity contribution is 0.551. The molecule has 0 spiro atoms. The lowest BCUT2D eigenvalue weighted by Crippen LogP contribution is -2.31. The first-order valence-electron chi connectivity index (χ1n) is 9.05. The number of rotatable bonds is 6. The molecule has 1 atom stereocenters. The molecule has 1 aliphatic rings. The number of nitrogens with zero attached hydrogens (tertiary/aromatic N) is 2. The predicted molar refractivity (Wildman–Crippen MR) is 111 cm³/mol. The van der Waals surface area contributed by atoms with Crippen molar-refractivity contribution in [3.63, 3.8) is 0 Å². The fourth-order valence-corrected chi connectivity index (χ4v) is 4.55. The molecule has 0 aromatic heterocycles. The molecule has 0 radical (unpaired) electrons. The summed E-state index contributed by atoms with van der Waals surface area (Å²) in [5, 5.41) is 8.08. The van der Waals surface area contributed by atoms with Gasteiger partial charge in [0.2, 0.25) is 0 Å². The Bertz CT molecular complexity index is 1110. The summed E-state index contributed by atoms with van der Waals surface area (Å²) < 4.78 is 49.5. The Hall–Kier alpha value is -2.72. The molecule has 0 bridgehead atoms. The Morgan fingerprint density at radius 2 is 1.21 bits per heavy atom. The van der Waals surface area contributed by atoms with E-state index in [4.69, 9.17) is 0 Å². The van der Waals surface area contributed by atoms with Crippen LogP contribution in [0.3, 0.4) is 0 Å². The zero-order valence-corrected chi connectivity index (χ0v) is 17.4. The van der Waals surface area contributed by atoms with E-state index in [1.54, 1.807) is 36.4 Å². The molecular formula is C19H22N4O4S2. The van der Waals surface area contributed by atoms with Crippen LogP contribution in [0, 0.1) is 5.92 Å². The molecule has 1 saturated carbocycles. The average Bonchev–Trinajstić information content (AvgIpc) is 2.73. The van der Waals surface area contributed by atoms with E-state index in [1.807, 2.05) is 6.92 Å². The molecule has 1 fully saturated rings. The van der Waals surface area contributed by atoms with Crippen LogP contribution >= 0.6 is 0 Å². The van der Waals surface area contributed by atoms with Crippen LogP contribution < -0.4 is 9.66 Å². The largest absolute Gasteiger partial charge is 0.276 e. The number of nitrogens with one attached hydrogen (secondary N) is 2. The standard InChI is InChI=1S/C19H22N4O4S2/c1-15-12-13-18(20-22-28(24,25)16-8-4-2-5-9-16)19(14-15)21-23-29(26,27)17-10-6-3-7-11-17/h2-11,15,22-23H,12-14H2,1H3/b20-18+,21-19-. The van der Waals surface area contributed by atoms with Crippen molar-refractivity contribution >= 4 is 31.5 Å². The number of sulfonamides is 2. The van der Waals surface area contributed by atoms with Gasteiger partial charge in [-0.15, -0.1) is 0 Å². The zero-order chi connectivity index (χ0) is 20.9. The van der Waals surface area contributed by atoms with Crippen molar-refractivity contribution in [2.75, 3.05) is 0 Å². The van der Waals surface area contributed by atoms with Crippen LogP contribution in [0.15, 0.2) is 80.7 Å². The summed E-state index contributed by atoms with van der Waals surface area (Å²) in [6.07, 6.45) is 1.78. The Balaban J connectivity index is 1.82. The highest BCUT2D eigenvalue weighted by Gasteiger charge is 2.23. The fourth-order valence-electron chi connectivity index (χ4n) is 2.84. The van der Waals surface area contributed by atoms with E-state index in [-0.39, 0.29) is 15.7 Å². The summed E-state index contributed by atoms with van der Waals surface area (Å²) in [6, 6.07) is 15.8. The van der Waals surface area contributed by atoms with Gasteiger partial charge in [0, 0.05) is 0 Å². The molecule has 0 saturated heterocycles. The molecule has 0 heterocycles. The van der Waals surface area contributed by atoms with E-state index in [1.165, 1.54) is 24.3 Å². The topological polar surface area (TPSA) is 117 Å². The van der Waals surface area contributed by atoms with Crippen molar-refractivity contribution in [3.05, 3.63) is 60.7 Å². The van der Waals surface area contributed by atoms with Gasteiger partial charge in [0.05, 0.1) is 21.2 Å². The molecule has 1 aliphatic carbocycles. The number of hydrogen-bond donors (Lipinski definition) is 2. The third kappa shape index (κ3) is 5.42. The molecule has 2 aromatic carbocycles. The first-order chi connectivity index (χ1) is 13.8. The molecule has 154 valence electrons. The fraction of sp³-hybridized carbons (Fsp3) is 0.263. The second-order valence-corrected chi connectivity index (χ2v) is 10.1. The van der Waals surface area contributed by atoms with Gasteiger partial charge < -0.3 is 0 Å². The maximum Gasteiger partial charge on any atom is 0.276 e. The van der Waals surface area contributed by atoms with E-state index in [0.717, 1.165) is 6.42 Å². The Morgan fingerprint density at radius 3 is 1.69 bits per heavy atom. The molecule has 3 rings (SSSR count). The number of hydrogen-bond acceptors (Lipinski definition) is 6. The summed E-state index contributed by atoms with van der Waals surface area (Å²) >= 11 is 0. The van der Waals surface area contributed by atoms with E-state index in [9.17, 15) is 16.8 Å². The van der Waals surface area contributed by atoms with Crippen LogP contribution in [-0.4, -0.2) is 28.3 Å². The van der Waals surface area contributed by atoms with Gasteiger partial charge in [0.15, 0.2) is 0 Å². The molecular weight excluding hydrogens is 412 g/mol. The van der Waals surface area contributed by atoms with Crippen molar-refractivity contribution in [1.82, 2.24) is 9.66 Å². The number of benzene rings is 2. The minimum atomic E-state index is -3.82. The van der Waals surface area contributed by atoms with Gasteiger partial charge in [-0.1, -0.05) is 43.3 Å². The third-order valence-electron chi connectivity index (χ3n) is 4.46. The maximum absolute atomic E-state index is 12.4. The van der Waals surface area contributed by atoms with Gasteiger partial charge in [0.25, 0.3) is 20.0 Å². The maximum atomic E-state index is 12.4. The summed E-state index contributed by atoms with van der Waals surface area (Å²) in [5.74, 6) is 0.277. The van der Waals surface area contributed by atoms with Crippen molar-refractivity contribution in [1.29, 1.82) is 0 Å². The highest BCUT2D eigenvalue weighted by Crippen LogP contribution is 2.20. The van der Waals surface area contributed by atoms with E-state index >= 15 is 0 Å². The molecule has 0 amide bonds. The van der Waals surface area contributed by atoms with Gasteiger partial charge in [0.1, 0.15) is 0 Å². The van der Waals surface area contributed by atoms with Crippen LogP contribution in [0.2, 0.25) is 0 Å². The first-order valence-corrected chi connectivity index (χ1v) is 12.0. The van der Waals surface area contributed by atoms with Gasteiger partial charge in [-0.3, -0.25) is 0 Å². The van der Waals surface area contributed by atoms with Gasteiger partial charge in [-0.2, -0.15) is 36.7 Å². The summed E-state index contributed by atoms with van der Waals surface area (Å²) in [4.78, 5) is 4.64. The quantitative estimate of drug-likeness (QED) is 0.679. The monoisotopic (exact) mass is 434 g/mol. The molecule has 8 nitrogen and oxygen atoms in total. The second kappa shape index (κ2) is 8.75. The van der Waals surface area contributed by atoms with E-state index < -0.39 is 20.0 Å².